The first-order valence-electron chi connectivity index (χ1n) is 2.30. The Labute approximate surface area is 46.9 Å². The fraction of sp³-hybridized carbons (Fsp3) is 0. The fourth-order valence-electron chi connectivity index (χ4n) is 0.463. The van der Waals surface area contributed by atoms with E-state index in [1.807, 2.05) is 0 Å². The molecule has 0 saturated carbocycles. The maximum absolute atomic E-state index is 12.0. The third-order valence-corrected chi connectivity index (χ3v) is 0.870. The number of hydrogen-bond donors (Lipinski definition) is 1. The lowest BCUT2D eigenvalue weighted by Crippen LogP contribution is -1.82. The summed E-state index contributed by atoms with van der Waals surface area (Å²) in [6.45, 7) is 0. The number of benzene rings is 1. The summed E-state index contributed by atoms with van der Waals surface area (Å²) >= 11 is 0. The minimum Gasteiger partial charge on any atom is -0.399 e. The first-order chi connectivity index (χ1) is 3.79. The van der Waals surface area contributed by atoms with E-state index in [1.165, 1.54) is 24.3 Å². The molecule has 0 aliphatic heterocycles. The molecule has 1 aromatic carbocycles. The molecule has 0 bridgehead atoms. The molecule has 0 fully saturated rings. The van der Waals surface area contributed by atoms with Crippen molar-refractivity contribution in [3.05, 3.63) is 30.1 Å². The molecule has 1 nitrogen and oxygen atoms in total. The first-order valence-corrected chi connectivity index (χ1v) is 2.30. The lowest BCUT2D eigenvalue weighted by molar-refractivity contribution is 0.628. The Bertz CT molecular complexity index is 147. The molecule has 2 heteroatoms. The zero-order valence-corrected chi connectivity index (χ0v) is 4.26. The van der Waals surface area contributed by atoms with Gasteiger partial charge in [-0.25, -0.2) is 4.39 Å². The van der Waals surface area contributed by atoms with Crippen LogP contribution in [0, 0.1) is 5.82 Å². The van der Waals surface area contributed by atoms with Crippen LogP contribution < -0.4 is 5.73 Å². The third kappa shape index (κ3) is 0.964. The predicted octanol–water partition coefficient (Wildman–Crippen LogP) is 1.41. The molecule has 0 amide bonds. The Morgan fingerprint density at radius 3 is 2.00 bits per heavy atom. The highest BCUT2D eigenvalue weighted by Crippen LogP contribution is 2.01. The van der Waals surface area contributed by atoms with E-state index in [4.69, 9.17) is 5.73 Å². The first kappa shape index (κ1) is 5.09. The second kappa shape index (κ2) is 1.82. The van der Waals surface area contributed by atoms with Crippen molar-refractivity contribution in [1.82, 2.24) is 0 Å². The molecule has 0 unspecified atom stereocenters. The molecule has 42 valence electrons. The van der Waals surface area contributed by atoms with Crippen molar-refractivity contribution in [2.24, 2.45) is 0 Å². The second-order valence-corrected chi connectivity index (χ2v) is 1.55. The van der Waals surface area contributed by atoms with Crippen molar-refractivity contribution >= 4 is 5.69 Å². The largest absolute Gasteiger partial charge is 0.399 e. The van der Waals surface area contributed by atoms with Gasteiger partial charge in [-0.1, -0.05) is 0 Å². The molecule has 0 radical (unpaired) electrons. The average molecular weight is 111 g/mol. The van der Waals surface area contributed by atoms with Gasteiger partial charge in [0.1, 0.15) is 5.82 Å². The summed E-state index contributed by atoms with van der Waals surface area (Å²) in [5, 5.41) is 0. The Balaban J connectivity index is 3.03. The molecule has 0 aliphatic rings. The number of halogens is 1. The molecule has 0 spiro atoms. The summed E-state index contributed by atoms with van der Waals surface area (Å²) in [4.78, 5) is 0. The van der Waals surface area contributed by atoms with Gasteiger partial charge in [0.05, 0.1) is 0 Å². The molecule has 0 saturated heterocycles. The van der Waals surface area contributed by atoms with E-state index in [0.717, 1.165) is 0 Å². The summed E-state index contributed by atoms with van der Waals surface area (Å²) < 4.78 is 12.0. The highest BCUT2D eigenvalue weighted by atomic mass is 19.1. The summed E-state index contributed by atoms with van der Waals surface area (Å²) in [6, 6.07) is 5.70. The van der Waals surface area contributed by atoms with Crippen molar-refractivity contribution in [3.63, 3.8) is 0 Å². The van der Waals surface area contributed by atoms with E-state index < -0.39 is 0 Å². The van der Waals surface area contributed by atoms with Gasteiger partial charge in [-0.05, 0) is 24.3 Å². The monoisotopic (exact) mass is 111 g/mol. The van der Waals surface area contributed by atoms with Gasteiger partial charge < -0.3 is 5.73 Å². The average Bonchev–Trinajstić information content (AvgIpc) is 1.77. The quantitative estimate of drug-likeness (QED) is 0.503. The predicted molar refractivity (Wildman–Crippen MR) is 30.8 cm³/mol. The van der Waals surface area contributed by atoms with Crippen LogP contribution in [0.25, 0.3) is 0 Å². The van der Waals surface area contributed by atoms with Crippen molar-refractivity contribution in [1.29, 1.82) is 0 Å². The standard InChI is InChI=1S/C6H6FN/c7-5-1-3-6(8)4-2-5/h1-4H,8H2/i7+0. The zero-order valence-electron chi connectivity index (χ0n) is 4.26. The molecule has 1 rings (SSSR count). The lowest BCUT2D eigenvalue weighted by atomic mass is 10.3. The molecule has 0 heterocycles. The Hall–Kier alpha value is -1.05. The van der Waals surface area contributed by atoms with Gasteiger partial charge in [-0.15, -0.1) is 0 Å². The van der Waals surface area contributed by atoms with E-state index in [2.05, 4.69) is 0 Å². The Morgan fingerprint density at radius 2 is 1.62 bits per heavy atom. The molecule has 0 aromatic heterocycles. The number of nitrogens with two attached hydrogens (primary N) is 1. The van der Waals surface area contributed by atoms with E-state index >= 15 is 0 Å². The van der Waals surface area contributed by atoms with E-state index in [-0.39, 0.29) is 5.82 Å². The van der Waals surface area contributed by atoms with Gasteiger partial charge in [0.25, 0.3) is 0 Å². The number of anilines is 1. The van der Waals surface area contributed by atoms with Crippen LogP contribution in [0.15, 0.2) is 24.3 Å². The molecular weight excluding hydrogens is 105 g/mol. The smallest absolute Gasteiger partial charge is 0.123 e. The van der Waals surface area contributed by atoms with Gasteiger partial charge in [-0.2, -0.15) is 0 Å². The van der Waals surface area contributed by atoms with Crippen LogP contribution in [0.1, 0.15) is 0 Å². The molecule has 2 N–H and O–H groups in total. The van der Waals surface area contributed by atoms with E-state index in [0.29, 0.717) is 5.69 Å². The van der Waals surface area contributed by atoms with Crippen molar-refractivity contribution in [2.75, 3.05) is 5.73 Å². The SMILES string of the molecule is Nc1ccc([19F])cc1. The zero-order chi connectivity index (χ0) is 5.98. The summed E-state index contributed by atoms with van der Waals surface area (Å²) in [7, 11) is 0. The van der Waals surface area contributed by atoms with Crippen LogP contribution in [0.3, 0.4) is 0 Å². The second-order valence-electron chi connectivity index (χ2n) is 1.55. The van der Waals surface area contributed by atoms with Crippen LogP contribution >= 0.6 is 0 Å². The van der Waals surface area contributed by atoms with Gasteiger partial charge in [0.15, 0.2) is 0 Å². The van der Waals surface area contributed by atoms with Crippen molar-refractivity contribution < 1.29 is 4.39 Å². The van der Waals surface area contributed by atoms with Crippen LogP contribution in [0.5, 0.6) is 0 Å². The summed E-state index contributed by atoms with van der Waals surface area (Å²) in [5.41, 5.74) is 5.85. The maximum atomic E-state index is 12.0. The Kier molecular flexibility index (Phi) is 1.16. The minimum atomic E-state index is -0.251. The lowest BCUT2D eigenvalue weighted by Gasteiger charge is -1.87. The summed E-state index contributed by atoms with van der Waals surface area (Å²) in [6.07, 6.45) is 0. The van der Waals surface area contributed by atoms with Gasteiger partial charge in [0, 0.05) is 5.69 Å². The summed E-state index contributed by atoms with van der Waals surface area (Å²) in [5.74, 6) is -0.251. The van der Waals surface area contributed by atoms with Crippen LogP contribution in [0.2, 0.25) is 0 Å². The van der Waals surface area contributed by atoms with Crippen molar-refractivity contribution in [2.45, 2.75) is 0 Å². The normalized spacial score (nSPS) is 9.12. The van der Waals surface area contributed by atoms with Crippen LogP contribution in [0.4, 0.5) is 10.1 Å². The van der Waals surface area contributed by atoms with E-state index in [1.54, 1.807) is 0 Å². The minimum absolute atomic E-state index is 0.251. The van der Waals surface area contributed by atoms with Gasteiger partial charge >= 0.3 is 0 Å². The van der Waals surface area contributed by atoms with Crippen LogP contribution in [-0.4, -0.2) is 0 Å². The highest BCUT2D eigenvalue weighted by Gasteiger charge is 1.83. The molecule has 0 aliphatic carbocycles. The Morgan fingerprint density at radius 1 is 1.12 bits per heavy atom. The van der Waals surface area contributed by atoms with Gasteiger partial charge in [-0.3, -0.25) is 0 Å². The third-order valence-electron chi connectivity index (χ3n) is 0.870. The number of rotatable bonds is 0. The number of hydrogen-bond acceptors (Lipinski definition) is 1. The molecular formula is C6H6FN. The number of nitrogen functional groups attached to an aromatic ring is 1. The fourth-order valence-corrected chi connectivity index (χ4v) is 0.463. The van der Waals surface area contributed by atoms with Crippen molar-refractivity contribution in [3.8, 4) is 0 Å². The molecule has 0 atom stereocenters. The topological polar surface area (TPSA) is 26.0 Å². The maximum Gasteiger partial charge on any atom is 0.123 e. The molecule has 1 aromatic rings. The van der Waals surface area contributed by atoms with Crippen LogP contribution in [-0.2, 0) is 0 Å². The van der Waals surface area contributed by atoms with Gasteiger partial charge in [0.2, 0.25) is 0 Å². The van der Waals surface area contributed by atoms with E-state index in [9.17, 15) is 4.39 Å². The molecule has 8 heavy (non-hydrogen) atoms. The highest BCUT2D eigenvalue weighted by molar-refractivity contribution is 5.36.